The molecule has 1 aromatic rings. The lowest BCUT2D eigenvalue weighted by Gasteiger charge is -1.90. The molecule has 6 heteroatoms. The second-order valence-corrected chi connectivity index (χ2v) is 3.13. The van der Waals surface area contributed by atoms with Crippen LogP contribution < -0.4 is 0 Å². The van der Waals surface area contributed by atoms with E-state index in [0.29, 0.717) is 0 Å². The Labute approximate surface area is 84.2 Å². The van der Waals surface area contributed by atoms with Crippen LogP contribution in [0.4, 0.5) is 0 Å². The molecule has 0 aliphatic rings. The quantitative estimate of drug-likeness (QED) is 0.424. The topological polar surface area (TPSA) is 60.6 Å². The average Bonchev–Trinajstić information content (AvgIpc) is 2.66. The minimum atomic E-state index is -0.572. The monoisotopic (exact) mass is 210 g/mol. The van der Waals surface area contributed by atoms with Gasteiger partial charge in [-0.15, -0.1) is 11.3 Å². The molecule has 14 heavy (non-hydrogen) atoms. The maximum atomic E-state index is 11.1. The molecular weight excluding hydrogens is 204 g/mol. The number of Topliss-reactive ketones (excluding diaryl/α,β-unsaturated/α-hetero) is 1. The molecule has 72 valence electrons. The number of ether oxygens (including phenoxy) is 1. The third-order valence-electron chi connectivity index (χ3n) is 1.37. The van der Waals surface area contributed by atoms with E-state index < -0.39 is 5.97 Å². The van der Waals surface area contributed by atoms with Gasteiger partial charge in [-0.25, -0.2) is 16.4 Å². The van der Waals surface area contributed by atoms with Gasteiger partial charge in [0.1, 0.15) is 5.69 Å². The smallest absolute Gasteiger partial charge is 0.367 e. The van der Waals surface area contributed by atoms with Gasteiger partial charge in [0.2, 0.25) is 5.01 Å². The maximum Gasteiger partial charge on any atom is 0.367 e. The molecule has 1 heterocycles. The fourth-order valence-electron chi connectivity index (χ4n) is 0.736. The summed E-state index contributed by atoms with van der Waals surface area (Å²) in [5, 5.41) is 1.57. The number of nitrogens with zero attached hydrogens (tertiary/aromatic N) is 2. The van der Waals surface area contributed by atoms with Crippen LogP contribution in [-0.2, 0) is 4.74 Å². The number of ketones is 1. The first kappa shape index (κ1) is 10.3. The van der Waals surface area contributed by atoms with Crippen LogP contribution >= 0.6 is 11.3 Å². The van der Waals surface area contributed by atoms with Gasteiger partial charge in [0.25, 0.3) is 12.3 Å². The molecule has 0 aliphatic carbocycles. The molecule has 0 aromatic carbocycles. The Balaban J connectivity index is 2.84. The molecule has 1 aromatic heterocycles. The number of methoxy groups -OCH3 is 1. The van der Waals surface area contributed by atoms with Crippen LogP contribution in [0.15, 0.2) is 5.38 Å². The van der Waals surface area contributed by atoms with Crippen molar-refractivity contribution in [3.63, 3.8) is 0 Å². The number of rotatable bonds is 3. The fraction of sp³-hybridized carbons (Fsp3) is 0.250. The van der Waals surface area contributed by atoms with Crippen molar-refractivity contribution in [1.29, 1.82) is 0 Å². The van der Waals surface area contributed by atoms with Crippen LogP contribution in [0.5, 0.6) is 0 Å². The standard InChI is InChI=1S/C8H6N2O3S/c1-9-3-6(11)5-4-14-7(10-5)8(12)13-2/h4H,3H2,2H3. The number of hydrogen-bond donors (Lipinski definition) is 0. The Morgan fingerprint density at radius 1 is 1.71 bits per heavy atom. The molecule has 0 N–H and O–H groups in total. The Hall–Kier alpha value is -1.74. The molecule has 0 saturated heterocycles. The Morgan fingerprint density at radius 3 is 3.00 bits per heavy atom. The van der Waals surface area contributed by atoms with E-state index >= 15 is 0 Å². The van der Waals surface area contributed by atoms with E-state index in [2.05, 4.69) is 14.6 Å². The van der Waals surface area contributed by atoms with Gasteiger partial charge in [0, 0.05) is 5.38 Å². The van der Waals surface area contributed by atoms with Crippen molar-refractivity contribution in [1.82, 2.24) is 4.98 Å². The van der Waals surface area contributed by atoms with Crippen LogP contribution in [-0.4, -0.2) is 30.4 Å². The molecule has 0 spiro atoms. The van der Waals surface area contributed by atoms with Gasteiger partial charge >= 0.3 is 5.97 Å². The molecule has 0 saturated carbocycles. The van der Waals surface area contributed by atoms with Gasteiger partial charge in [-0.2, -0.15) is 0 Å². The summed E-state index contributed by atoms with van der Waals surface area (Å²) in [5.41, 5.74) is 0.145. The molecule has 0 bridgehead atoms. The maximum absolute atomic E-state index is 11.1. The molecule has 1 rings (SSSR count). The zero-order valence-corrected chi connectivity index (χ0v) is 8.13. The zero-order chi connectivity index (χ0) is 10.6. The van der Waals surface area contributed by atoms with Crippen LogP contribution in [0, 0.1) is 6.57 Å². The van der Waals surface area contributed by atoms with Crippen molar-refractivity contribution < 1.29 is 14.3 Å². The van der Waals surface area contributed by atoms with Gasteiger partial charge in [0.05, 0.1) is 7.11 Å². The summed E-state index contributed by atoms with van der Waals surface area (Å²) in [7, 11) is 1.24. The summed E-state index contributed by atoms with van der Waals surface area (Å²) in [6.07, 6.45) is 0. The van der Waals surface area contributed by atoms with Crippen LogP contribution in [0.1, 0.15) is 20.3 Å². The van der Waals surface area contributed by atoms with Crippen molar-refractivity contribution >= 4 is 23.1 Å². The fourth-order valence-corrected chi connectivity index (χ4v) is 1.47. The predicted octanol–water partition coefficient (Wildman–Crippen LogP) is 1.03. The molecule has 0 fully saturated rings. The molecule has 0 unspecified atom stereocenters. The lowest BCUT2D eigenvalue weighted by atomic mass is 10.3. The Kier molecular flexibility index (Phi) is 3.31. The first-order valence-electron chi connectivity index (χ1n) is 3.59. The second kappa shape index (κ2) is 4.48. The van der Waals surface area contributed by atoms with Crippen molar-refractivity contribution in [2.45, 2.75) is 0 Å². The normalized spacial score (nSPS) is 9.14. The highest BCUT2D eigenvalue weighted by Crippen LogP contribution is 2.11. The van der Waals surface area contributed by atoms with E-state index in [-0.39, 0.29) is 23.0 Å². The van der Waals surface area contributed by atoms with Gasteiger partial charge in [-0.3, -0.25) is 4.79 Å². The van der Waals surface area contributed by atoms with Crippen LogP contribution in [0.25, 0.3) is 4.85 Å². The first-order valence-corrected chi connectivity index (χ1v) is 4.47. The Bertz CT molecular complexity index is 405. The largest absolute Gasteiger partial charge is 0.464 e. The van der Waals surface area contributed by atoms with E-state index in [1.807, 2.05) is 0 Å². The predicted molar refractivity (Wildman–Crippen MR) is 49.3 cm³/mol. The summed E-state index contributed by atoms with van der Waals surface area (Å²) in [6.45, 7) is 6.25. The number of esters is 1. The van der Waals surface area contributed by atoms with Crippen LogP contribution in [0.3, 0.4) is 0 Å². The molecular formula is C8H6N2O3S. The number of thiazole rings is 1. The third-order valence-corrected chi connectivity index (χ3v) is 2.19. The number of carbonyl (C=O) groups is 2. The summed E-state index contributed by atoms with van der Waals surface area (Å²) >= 11 is 1.03. The van der Waals surface area contributed by atoms with E-state index in [1.165, 1.54) is 12.5 Å². The van der Waals surface area contributed by atoms with Crippen molar-refractivity contribution in [2.75, 3.05) is 13.7 Å². The molecule has 0 radical (unpaired) electrons. The third kappa shape index (κ3) is 2.14. The highest BCUT2D eigenvalue weighted by molar-refractivity contribution is 7.11. The minimum Gasteiger partial charge on any atom is -0.464 e. The number of hydrogen-bond acceptors (Lipinski definition) is 5. The summed E-state index contributed by atoms with van der Waals surface area (Å²) in [6, 6.07) is 0. The number of carbonyl (C=O) groups excluding carboxylic acids is 2. The van der Waals surface area contributed by atoms with Gasteiger partial charge < -0.3 is 9.58 Å². The van der Waals surface area contributed by atoms with Gasteiger partial charge in [-0.05, 0) is 0 Å². The van der Waals surface area contributed by atoms with E-state index in [0.717, 1.165) is 11.3 Å². The van der Waals surface area contributed by atoms with Crippen molar-refractivity contribution in [3.05, 3.63) is 27.5 Å². The lowest BCUT2D eigenvalue weighted by Crippen LogP contribution is -2.05. The Morgan fingerprint density at radius 2 is 2.43 bits per heavy atom. The highest BCUT2D eigenvalue weighted by Gasteiger charge is 2.16. The zero-order valence-electron chi connectivity index (χ0n) is 7.31. The highest BCUT2D eigenvalue weighted by atomic mass is 32.1. The summed E-state index contributed by atoms with van der Waals surface area (Å²) < 4.78 is 4.43. The van der Waals surface area contributed by atoms with Crippen molar-refractivity contribution in [2.24, 2.45) is 0 Å². The first-order chi connectivity index (χ1) is 6.69. The van der Waals surface area contributed by atoms with E-state index in [1.54, 1.807) is 0 Å². The average molecular weight is 210 g/mol. The van der Waals surface area contributed by atoms with Crippen LogP contribution in [0.2, 0.25) is 0 Å². The second-order valence-electron chi connectivity index (χ2n) is 2.27. The van der Waals surface area contributed by atoms with E-state index in [9.17, 15) is 9.59 Å². The van der Waals surface area contributed by atoms with Gasteiger partial charge in [0.15, 0.2) is 0 Å². The lowest BCUT2D eigenvalue weighted by molar-refractivity contribution is 0.0600. The van der Waals surface area contributed by atoms with Gasteiger partial charge in [-0.1, -0.05) is 0 Å². The minimum absolute atomic E-state index is 0.126. The molecule has 0 atom stereocenters. The molecule has 5 nitrogen and oxygen atoms in total. The number of aromatic nitrogens is 1. The SMILES string of the molecule is [C-]#[N+]CC(=O)c1csc(C(=O)OC)n1. The molecule has 0 amide bonds. The van der Waals surface area contributed by atoms with E-state index in [4.69, 9.17) is 6.57 Å². The summed E-state index contributed by atoms with van der Waals surface area (Å²) in [4.78, 5) is 28.8. The molecule has 0 aliphatic heterocycles. The van der Waals surface area contributed by atoms with Crippen molar-refractivity contribution in [3.8, 4) is 0 Å². The summed E-state index contributed by atoms with van der Waals surface area (Å²) in [5.74, 6) is -0.955.